The van der Waals surface area contributed by atoms with Gasteiger partial charge in [-0.25, -0.2) is 0 Å². The van der Waals surface area contributed by atoms with E-state index in [0.29, 0.717) is 6.04 Å². The molecule has 96 valence electrons. The summed E-state index contributed by atoms with van der Waals surface area (Å²) in [4.78, 5) is 0. The lowest BCUT2D eigenvalue weighted by molar-refractivity contribution is 0.212. The van der Waals surface area contributed by atoms with E-state index in [9.17, 15) is 0 Å². The molecule has 0 amide bonds. The minimum Gasteiger partial charge on any atom is -0.311 e. The third-order valence-corrected chi connectivity index (χ3v) is 4.24. The molecule has 3 nitrogen and oxygen atoms in total. The van der Waals surface area contributed by atoms with Crippen LogP contribution < -0.4 is 5.32 Å². The Morgan fingerprint density at radius 3 is 2.94 bits per heavy atom. The van der Waals surface area contributed by atoms with Gasteiger partial charge in [0, 0.05) is 13.2 Å². The van der Waals surface area contributed by atoms with Gasteiger partial charge in [-0.15, -0.1) is 0 Å². The van der Waals surface area contributed by atoms with Gasteiger partial charge in [-0.1, -0.05) is 26.2 Å². The largest absolute Gasteiger partial charge is 0.311 e. The van der Waals surface area contributed by atoms with E-state index in [1.54, 1.807) is 0 Å². The van der Waals surface area contributed by atoms with Gasteiger partial charge in [0.2, 0.25) is 0 Å². The maximum Gasteiger partial charge on any atom is 0.0796 e. The fourth-order valence-electron chi connectivity index (χ4n) is 3.23. The lowest BCUT2D eigenvalue weighted by atomic mass is 9.76. The van der Waals surface area contributed by atoms with Crippen LogP contribution in [-0.2, 0) is 7.05 Å². The van der Waals surface area contributed by atoms with E-state index in [2.05, 4.69) is 30.5 Å². The third kappa shape index (κ3) is 2.89. The van der Waals surface area contributed by atoms with Crippen LogP contribution in [0.15, 0.2) is 12.3 Å². The molecule has 1 aromatic heterocycles. The van der Waals surface area contributed by atoms with Crippen molar-refractivity contribution in [3.05, 3.63) is 18.0 Å². The molecule has 1 aliphatic rings. The minimum absolute atomic E-state index is 0.436. The summed E-state index contributed by atoms with van der Waals surface area (Å²) in [6.45, 7) is 2.32. The molecule has 0 bridgehead atoms. The average molecular weight is 235 g/mol. The summed E-state index contributed by atoms with van der Waals surface area (Å²) >= 11 is 0. The summed E-state index contributed by atoms with van der Waals surface area (Å²) in [5, 5.41) is 8.03. The molecule has 1 aliphatic carbocycles. The molecule has 17 heavy (non-hydrogen) atoms. The lowest BCUT2D eigenvalue weighted by Gasteiger charge is -2.33. The molecule has 3 atom stereocenters. The molecule has 0 aliphatic heterocycles. The van der Waals surface area contributed by atoms with Crippen LogP contribution in [0.4, 0.5) is 0 Å². The van der Waals surface area contributed by atoms with Gasteiger partial charge >= 0.3 is 0 Å². The van der Waals surface area contributed by atoms with Gasteiger partial charge in [-0.3, -0.25) is 4.68 Å². The Morgan fingerprint density at radius 1 is 1.53 bits per heavy atom. The first-order chi connectivity index (χ1) is 8.24. The van der Waals surface area contributed by atoms with Gasteiger partial charge in [0.05, 0.1) is 11.7 Å². The number of aryl methyl sites for hydroxylation is 1. The summed E-state index contributed by atoms with van der Waals surface area (Å²) in [6.07, 6.45) is 8.88. The van der Waals surface area contributed by atoms with Gasteiger partial charge < -0.3 is 5.32 Å². The van der Waals surface area contributed by atoms with Gasteiger partial charge in [-0.05, 0) is 37.8 Å². The molecule has 2 rings (SSSR count). The molecule has 1 aromatic rings. The van der Waals surface area contributed by atoms with Crippen LogP contribution >= 0.6 is 0 Å². The second-order valence-corrected chi connectivity index (χ2v) is 5.38. The quantitative estimate of drug-likeness (QED) is 0.869. The van der Waals surface area contributed by atoms with Crippen molar-refractivity contribution in [3.8, 4) is 0 Å². The van der Waals surface area contributed by atoms with Crippen LogP contribution in [0.3, 0.4) is 0 Å². The molecule has 1 heterocycles. The Kier molecular flexibility index (Phi) is 4.21. The molecule has 0 saturated heterocycles. The predicted octanol–water partition coefficient (Wildman–Crippen LogP) is 2.90. The molecular weight excluding hydrogens is 210 g/mol. The normalized spacial score (nSPS) is 27.0. The van der Waals surface area contributed by atoms with Crippen molar-refractivity contribution in [3.63, 3.8) is 0 Å². The zero-order chi connectivity index (χ0) is 12.3. The molecule has 0 aromatic carbocycles. The second kappa shape index (κ2) is 5.67. The SMILES string of the molecule is CCC1CCCC(C(NC)c2ccn(C)n2)C1. The van der Waals surface area contributed by atoms with Crippen molar-refractivity contribution in [2.24, 2.45) is 18.9 Å². The molecule has 3 heteroatoms. The predicted molar refractivity (Wildman–Crippen MR) is 70.7 cm³/mol. The highest BCUT2D eigenvalue weighted by Gasteiger charge is 2.28. The Morgan fingerprint density at radius 2 is 2.35 bits per heavy atom. The maximum absolute atomic E-state index is 4.56. The van der Waals surface area contributed by atoms with Crippen LogP contribution in [0, 0.1) is 11.8 Å². The van der Waals surface area contributed by atoms with Gasteiger partial charge in [0.25, 0.3) is 0 Å². The van der Waals surface area contributed by atoms with Gasteiger partial charge in [-0.2, -0.15) is 5.10 Å². The van der Waals surface area contributed by atoms with Gasteiger partial charge in [0.15, 0.2) is 0 Å². The Balaban J connectivity index is 2.07. The summed E-state index contributed by atoms with van der Waals surface area (Å²) < 4.78 is 1.90. The Bertz CT molecular complexity index is 345. The Labute approximate surface area is 105 Å². The molecule has 1 N–H and O–H groups in total. The summed E-state index contributed by atoms with van der Waals surface area (Å²) in [5.41, 5.74) is 1.21. The third-order valence-electron chi connectivity index (χ3n) is 4.24. The van der Waals surface area contributed by atoms with Crippen LogP contribution in [0.1, 0.15) is 50.8 Å². The molecule has 1 saturated carbocycles. The number of hydrogen-bond donors (Lipinski definition) is 1. The Hall–Kier alpha value is -0.830. The number of hydrogen-bond acceptors (Lipinski definition) is 2. The van der Waals surface area contributed by atoms with Crippen molar-refractivity contribution in [1.29, 1.82) is 0 Å². The fraction of sp³-hybridized carbons (Fsp3) is 0.786. The zero-order valence-corrected chi connectivity index (χ0v) is 11.3. The number of nitrogens with zero attached hydrogens (tertiary/aromatic N) is 2. The average Bonchev–Trinajstić information content (AvgIpc) is 2.77. The monoisotopic (exact) mass is 235 g/mol. The van der Waals surface area contributed by atoms with Crippen molar-refractivity contribution >= 4 is 0 Å². The molecule has 1 fully saturated rings. The molecule has 0 spiro atoms. The van der Waals surface area contributed by atoms with E-state index in [4.69, 9.17) is 0 Å². The van der Waals surface area contributed by atoms with Gasteiger partial charge in [0.1, 0.15) is 0 Å². The first-order valence-electron chi connectivity index (χ1n) is 6.91. The van der Waals surface area contributed by atoms with Crippen LogP contribution in [-0.4, -0.2) is 16.8 Å². The van der Waals surface area contributed by atoms with E-state index < -0.39 is 0 Å². The van der Waals surface area contributed by atoms with E-state index in [1.807, 2.05) is 17.9 Å². The fourth-order valence-corrected chi connectivity index (χ4v) is 3.23. The smallest absolute Gasteiger partial charge is 0.0796 e. The lowest BCUT2D eigenvalue weighted by Crippen LogP contribution is -2.29. The van der Waals surface area contributed by atoms with Crippen LogP contribution in [0.25, 0.3) is 0 Å². The van der Waals surface area contributed by atoms with Crippen molar-refractivity contribution in [2.75, 3.05) is 7.05 Å². The summed E-state index contributed by atoms with van der Waals surface area (Å²) in [6, 6.07) is 2.59. The van der Waals surface area contributed by atoms with E-state index >= 15 is 0 Å². The van der Waals surface area contributed by atoms with Crippen molar-refractivity contribution in [1.82, 2.24) is 15.1 Å². The van der Waals surface area contributed by atoms with E-state index in [0.717, 1.165) is 11.8 Å². The number of aromatic nitrogens is 2. The summed E-state index contributed by atoms with van der Waals surface area (Å²) in [5.74, 6) is 1.68. The van der Waals surface area contributed by atoms with Crippen molar-refractivity contribution < 1.29 is 0 Å². The second-order valence-electron chi connectivity index (χ2n) is 5.38. The number of nitrogens with one attached hydrogen (secondary N) is 1. The van der Waals surface area contributed by atoms with Crippen LogP contribution in [0.5, 0.6) is 0 Å². The molecule has 3 unspecified atom stereocenters. The highest BCUT2D eigenvalue weighted by molar-refractivity contribution is 5.07. The van der Waals surface area contributed by atoms with Crippen LogP contribution in [0.2, 0.25) is 0 Å². The first-order valence-corrected chi connectivity index (χ1v) is 6.91. The first kappa shape index (κ1) is 12.6. The zero-order valence-electron chi connectivity index (χ0n) is 11.3. The van der Waals surface area contributed by atoms with Crippen molar-refractivity contribution in [2.45, 2.75) is 45.1 Å². The highest BCUT2D eigenvalue weighted by Crippen LogP contribution is 2.37. The number of rotatable bonds is 4. The van der Waals surface area contributed by atoms with E-state index in [-0.39, 0.29) is 0 Å². The molecule has 0 radical (unpaired) electrons. The highest BCUT2D eigenvalue weighted by atomic mass is 15.3. The minimum atomic E-state index is 0.436. The maximum atomic E-state index is 4.56. The standard InChI is InChI=1S/C14H25N3/c1-4-11-6-5-7-12(10-11)14(15-2)13-8-9-17(3)16-13/h8-9,11-12,14-15H,4-7,10H2,1-3H3. The summed E-state index contributed by atoms with van der Waals surface area (Å²) in [7, 11) is 4.06. The topological polar surface area (TPSA) is 29.9 Å². The molecular formula is C14H25N3. The van der Waals surface area contributed by atoms with E-state index in [1.165, 1.54) is 37.8 Å².